The van der Waals surface area contributed by atoms with Gasteiger partial charge in [0.2, 0.25) is 5.88 Å². The van der Waals surface area contributed by atoms with Gasteiger partial charge in [0.1, 0.15) is 11.6 Å². The molecule has 0 spiro atoms. The van der Waals surface area contributed by atoms with Crippen LogP contribution < -0.4 is 4.74 Å². The van der Waals surface area contributed by atoms with Gasteiger partial charge >= 0.3 is 0 Å². The van der Waals surface area contributed by atoms with Crippen LogP contribution in [0.5, 0.6) is 11.6 Å². The van der Waals surface area contributed by atoms with Crippen LogP contribution in [0, 0.1) is 5.82 Å². The fraction of sp³-hybridized carbons (Fsp3) is 0.200. The molecule has 26 heavy (non-hydrogen) atoms. The number of benzene rings is 2. The van der Waals surface area contributed by atoms with Crippen molar-refractivity contribution in [2.45, 2.75) is 30.7 Å². The molecule has 0 aliphatic rings. The molecule has 6 heteroatoms. The highest BCUT2D eigenvalue weighted by Gasteiger charge is 2.11. The fourth-order valence-corrected chi connectivity index (χ4v) is 3.38. The summed E-state index contributed by atoms with van der Waals surface area (Å²) in [6.07, 6.45) is 0. The van der Waals surface area contributed by atoms with Crippen molar-refractivity contribution in [2.24, 2.45) is 0 Å². The van der Waals surface area contributed by atoms with E-state index in [1.54, 1.807) is 18.2 Å². The lowest BCUT2D eigenvalue weighted by molar-refractivity contribution is 0.448. The molecule has 0 aliphatic heterocycles. The molecule has 134 valence electrons. The molecule has 3 rings (SSSR count). The third-order valence-electron chi connectivity index (χ3n) is 3.63. The Morgan fingerprint density at radius 3 is 2.62 bits per heavy atom. The smallest absolute Gasteiger partial charge is 0.223 e. The molecule has 0 unspecified atom stereocenters. The average molecular weight is 389 g/mol. The number of hydrogen-bond acceptors (Lipinski definition) is 4. The van der Waals surface area contributed by atoms with E-state index in [4.69, 9.17) is 16.3 Å². The summed E-state index contributed by atoms with van der Waals surface area (Å²) in [6, 6.07) is 15.5. The first-order valence-corrected chi connectivity index (χ1v) is 9.56. The van der Waals surface area contributed by atoms with Crippen molar-refractivity contribution in [3.05, 3.63) is 76.7 Å². The van der Waals surface area contributed by atoms with Crippen molar-refractivity contribution in [3.63, 3.8) is 0 Å². The predicted molar refractivity (Wildman–Crippen MR) is 104 cm³/mol. The third kappa shape index (κ3) is 4.96. The van der Waals surface area contributed by atoms with Crippen molar-refractivity contribution in [1.29, 1.82) is 0 Å². The Kier molecular flexibility index (Phi) is 6.12. The first-order chi connectivity index (χ1) is 12.5. The van der Waals surface area contributed by atoms with Gasteiger partial charge in [0.15, 0.2) is 5.16 Å². The lowest BCUT2D eigenvalue weighted by Crippen LogP contribution is -2.00. The maximum absolute atomic E-state index is 13.4. The van der Waals surface area contributed by atoms with Crippen LogP contribution in [0.15, 0.2) is 59.8 Å². The number of ether oxygens (including phenoxy) is 1. The molecule has 0 radical (unpaired) electrons. The molecule has 3 nitrogen and oxygen atoms in total. The molecule has 2 aromatic carbocycles. The first-order valence-electron chi connectivity index (χ1n) is 8.20. The molecule has 1 heterocycles. The minimum atomic E-state index is -0.353. The third-order valence-corrected chi connectivity index (χ3v) is 4.89. The molecule has 1 aromatic heterocycles. The second-order valence-corrected chi connectivity index (χ2v) is 7.36. The van der Waals surface area contributed by atoms with Gasteiger partial charge in [-0.2, -0.15) is 4.98 Å². The lowest BCUT2D eigenvalue weighted by atomic mass is 10.1. The molecule has 0 saturated carbocycles. The number of halogens is 2. The van der Waals surface area contributed by atoms with E-state index >= 15 is 0 Å². The summed E-state index contributed by atoms with van der Waals surface area (Å²) in [7, 11) is 0. The number of rotatable bonds is 6. The molecular weight excluding hydrogens is 371 g/mol. The number of thioether (sulfide) groups is 1. The Labute approximate surface area is 161 Å². The van der Waals surface area contributed by atoms with Gasteiger partial charge in [-0.1, -0.05) is 61.5 Å². The minimum absolute atomic E-state index is 0.215. The lowest BCUT2D eigenvalue weighted by Gasteiger charge is -2.11. The van der Waals surface area contributed by atoms with Gasteiger partial charge in [0.05, 0.1) is 5.69 Å². The summed E-state index contributed by atoms with van der Waals surface area (Å²) in [4.78, 5) is 9.04. The maximum atomic E-state index is 13.4. The van der Waals surface area contributed by atoms with Crippen LogP contribution in [0.2, 0.25) is 5.02 Å². The maximum Gasteiger partial charge on any atom is 0.223 e. The normalized spacial score (nSPS) is 11.0. The Morgan fingerprint density at radius 1 is 1.08 bits per heavy atom. The Balaban J connectivity index is 1.83. The summed E-state index contributed by atoms with van der Waals surface area (Å²) in [5.74, 6) is 1.32. The van der Waals surface area contributed by atoms with Crippen LogP contribution in [-0.4, -0.2) is 9.97 Å². The Morgan fingerprint density at radius 2 is 1.88 bits per heavy atom. The van der Waals surface area contributed by atoms with Gasteiger partial charge in [0, 0.05) is 22.9 Å². The molecule has 0 bridgehead atoms. The van der Waals surface area contributed by atoms with E-state index in [-0.39, 0.29) is 11.7 Å². The van der Waals surface area contributed by atoms with Crippen molar-refractivity contribution in [1.82, 2.24) is 9.97 Å². The molecule has 3 aromatic rings. The van der Waals surface area contributed by atoms with Gasteiger partial charge in [-0.25, -0.2) is 9.37 Å². The zero-order valence-electron chi connectivity index (χ0n) is 14.4. The van der Waals surface area contributed by atoms with Crippen molar-refractivity contribution in [3.8, 4) is 11.6 Å². The van der Waals surface area contributed by atoms with Crippen LogP contribution in [0.1, 0.15) is 31.0 Å². The zero-order chi connectivity index (χ0) is 18.5. The summed E-state index contributed by atoms with van der Waals surface area (Å²) >= 11 is 7.70. The van der Waals surface area contributed by atoms with Crippen molar-refractivity contribution >= 4 is 23.4 Å². The largest absolute Gasteiger partial charge is 0.439 e. The molecule has 0 amide bonds. The van der Waals surface area contributed by atoms with E-state index in [1.807, 2.05) is 24.3 Å². The predicted octanol–water partition coefficient (Wildman–Crippen LogP) is 6.48. The van der Waals surface area contributed by atoms with Gasteiger partial charge in [0.25, 0.3) is 0 Å². The Hall–Kier alpha value is -2.11. The van der Waals surface area contributed by atoms with Crippen LogP contribution >= 0.6 is 23.4 Å². The fourth-order valence-electron chi connectivity index (χ4n) is 2.24. The summed E-state index contributed by atoms with van der Waals surface area (Å²) in [6.45, 7) is 4.10. The van der Waals surface area contributed by atoms with Crippen LogP contribution in [0.4, 0.5) is 4.39 Å². The van der Waals surface area contributed by atoms with E-state index in [1.165, 1.54) is 23.9 Å². The van der Waals surface area contributed by atoms with Crippen LogP contribution in [-0.2, 0) is 5.75 Å². The van der Waals surface area contributed by atoms with E-state index in [9.17, 15) is 4.39 Å². The van der Waals surface area contributed by atoms with Gasteiger partial charge in [-0.05, 0) is 29.7 Å². The molecule has 0 saturated heterocycles. The quantitative estimate of drug-likeness (QED) is 0.357. The second-order valence-electron chi connectivity index (χ2n) is 6.01. The zero-order valence-corrected chi connectivity index (χ0v) is 16.0. The summed E-state index contributed by atoms with van der Waals surface area (Å²) in [5, 5.41) is 1.32. The molecule has 0 fully saturated rings. The highest BCUT2D eigenvalue weighted by Crippen LogP contribution is 2.29. The minimum Gasteiger partial charge on any atom is -0.439 e. The van der Waals surface area contributed by atoms with Crippen molar-refractivity contribution < 1.29 is 9.13 Å². The highest BCUT2D eigenvalue weighted by atomic mass is 35.5. The second kappa shape index (κ2) is 8.52. The molecule has 0 N–H and O–H groups in total. The number of hydrogen-bond donors (Lipinski definition) is 0. The Bertz CT molecular complexity index is 904. The van der Waals surface area contributed by atoms with Gasteiger partial charge in [-0.15, -0.1) is 0 Å². The van der Waals surface area contributed by atoms with E-state index in [0.29, 0.717) is 22.5 Å². The SMILES string of the molecule is CC(C)c1cc(Oc2cccc(F)c2)nc(SCc2ccccc2Cl)n1. The number of aromatic nitrogens is 2. The topological polar surface area (TPSA) is 35.0 Å². The number of nitrogens with zero attached hydrogens (tertiary/aromatic N) is 2. The molecular formula is C20H18ClFN2OS. The molecule has 0 atom stereocenters. The van der Waals surface area contributed by atoms with Gasteiger partial charge in [-0.3, -0.25) is 0 Å². The summed E-state index contributed by atoms with van der Waals surface area (Å²) < 4.78 is 19.1. The van der Waals surface area contributed by atoms with E-state index in [2.05, 4.69) is 23.8 Å². The highest BCUT2D eigenvalue weighted by molar-refractivity contribution is 7.98. The standard InChI is InChI=1S/C20H18ClFN2OS/c1-13(2)18-11-19(25-16-8-5-7-15(22)10-16)24-20(23-18)26-12-14-6-3-4-9-17(14)21/h3-11,13H,12H2,1-2H3. The summed E-state index contributed by atoms with van der Waals surface area (Å²) in [5.41, 5.74) is 1.89. The average Bonchev–Trinajstić information content (AvgIpc) is 2.61. The van der Waals surface area contributed by atoms with E-state index < -0.39 is 0 Å². The van der Waals surface area contributed by atoms with E-state index in [0.717, 1.165) is 16.3 Å². The van der Waals surface area contributed by atoms with Crippen molar-refractivity contribution in [2.75, 3.05) is 0 Å². The monoisotopic (exact) mass is 388 g/mol. The van der Waals surface area contributed by atoms with Crippen LogP contribution in [0.25, 0.3) is 0 Å². The molecule has 0 aliphatic carbocycles. The first kappa shape index (κ1) is 18.7. The van der Waals surface area contributed by atoms with Gasteiger partial charge < -0.3 is 4.74 Å². The van der Waals surface area contributed by atoms with Crippen LogP contribution in [0.3, 0.4) is 0 Å².